The van der Waals surface area contributed by atoms with Gasteiger partial charge in [-0.2, -0.15) is 0 Å². The Morgan fingerprint density at radius 2 is 1.95 bits per heavy atom. The minimum atomic E-state index is -0.195. The molecule has 100 valence electrons. The lowest BCUT2D eigenvalue weighted by molar-refractivity contribution is 0.855. The van der Waals surface area contributed by atoms with Crippen LogP contribution in [0.15, 0.2) is 41.3 Å². The molecule has 0 aliphatic carbocycles. The summed E-state index contributed by atoms with van der Waals surface area (Å²) in [7, 11) is 0. The lowest BCUT2D eigenvalue weighted by atomic mass is 10.2. The normalized spacial score (nSPS) is 10.9. The second-order valence-corrected chi connectivity index (χ2v) is 4.98. The zero-order chi connectivity index (χ0) is 14.3. The summed E-state index contributed by atoms with van der Waals surface area (Å²) >= 11 is 6.14. The number of pyridine rings is 1. The largest absolute Gasteiger partial charge is 0.268 e. The molecule has 3 rings (SSSR count). The van der Waals surface area contributed by atoms with Gasteiger partial charge in [0, 0.05) is 6.20 Å². The third-order valence-corrected chi connectivity index (χ3v) is 3.52. The van der Waals surface area contributed by atoms with E-state index in [4.69, 9.17) is 11.6 Å². The van der Waals surface area contributed by atoms with Gasteiger partial charge in [-0.25, -0.2) is 14.5 Å². The molecule has 0 radical (unpaired) electrons. The number of halogens is 1. The van der Waals surface area contributed by atoms with E-state index in [0.29, 0.717) is 27.6 Å². The summed E-state index contributed by atoms with van der Waals surface area (Å²) < 4.78 is 1.50. The predicted molar refractivity (Wildman–Crippen MR) is 79.6 cm³/mol. The lowest BCUT2D eigenvalue weighted by Crippen LogP contribution is -2.24. The molecule has 0 saturated carbocycles. The number of rotatable bonds is 1. The van der Waals surface area contributed by atoms with Crippen LogP contribution in [0.3, 0.4) is 0 Å². The van der Waals surface area contributed by atoms with Crippen molar-refractivity contribution in [3.8, 4) is 5.82 Å². The fourth-order valence-corrected chi connectivity index (χ4v) is 2.51. The van der Waals surface area contributed by atoms with Gasteiger partial charge in [0.25, 0.3) is 5.56 Å². The molecule has 20 heavy (non-hydrogen) atoms. The molecule has 0 amide bonds. The molecule has 0 bridgehead atoms. The van der Waals surface area contributed by atoms with Crippen molar-refractivity contribution < 1.29 is 0 Å². The van der Waals surface area contributed by atoms with Crippen LogP contribution in [-0.2, 0) is 0 Å². The van der Waals surface area contributed by atoms with Crippen LogP contribution in [0.25, 0.3) is 16.7 Å². The Bertz CT molecular complexity index is 871. The maximum Gasteiger partial charge on any atom is 0.268 e. The predicted octanol–water partition coefficient (Wildman–Crippen LogP) is 3.05. The van der Waals surface area contributed by atoms with E-state index in [1.54, 1.807) is 31.3 Å². The van der Waals surface area contributed by atoms with Crippen molar-refractivity contribution in [2.24, 2.45) is 0 Å². The zero-order valence-corrected chi connectivity index (χ0v) is 11.8. The van der Waals surface area contributed by atoms with Crippen LogP contribution in [0.4, 0.5) is 0 Å². The number of benzene rings is 1. The smallest absolute Gasteiger partial charge is 0.268 e. The molecule has 0 atom stereocenters. The van der Waals surface area contributed by atoms with E-state index >= 15 is 0 Å². The van der Waals surface area contributed by atoms with E-state index < -0.39 is 0 Å². The van der Waals surface area contributed by atoms with Gasteiger partial charge in [0.2, 0.25) is 0 Å². The lowest BCUT2D eigenvalue weighted by Gasteiger charge is -2.12. The first-order chi connectivity index (χ1) is 9.59. The van der Waals surface area contributed by atoms with Gasteiger partial charge in [-0.1, -0.05) is 23.7 Å². The SMILES string of the molecule is Cc1cccnc1-n1c(C)nc2cccc(Cl)c2c1=O. The zero-order valence-electron chi connectivity index (χ0n) is 11.1. The highest BCUT2D eigenvalue weighted by molar-refractivity contribution is 6.35. The highest BCUT2D eigenvalue weighted by Gasteiger charge is 2.14. The number of fused-ring (bicyclic) bond motifs is 1. The van der Waals surface area contributed by atoms with Gasteiger partial charge < -0.3 is 0 Å². The van der Waals surface area contributed by atoms with Crippen molar-refractivity contribution in [1.29, 1.82) is 0 Å². The van der Waals surface area contributed by atoms with Crippen LogP contribution in [0.1, 0.15) is 11.4 Å². The van der Waals surface area contributed by atoms with E-state index in [1.807, 2.05) is 19.1 Å². The third-order valence-electron chi connectivity index (χ3n) is 3.21. The Morgan fingerprint density at radius 1 is 1.15 bits per heavy atom. The molecule has 4 nitrogen and oxygen atoms in total. The van der Waals surface area contributed by atoms with Gasteiger partial charge >= 0.3 is 0 Å². The molecular weight excluding hydrogens is 274 g/mol. The monoisotopic (exact) mass is 285 g/mol. The molecule has 0 spiro atoms. The van der Waals surface area contributed by atoms with Gasteiger partial charge in [-0.15, -0.1) is 0 Å². The van der Waals surface area contributed by atoms with Gasteiger partial charge in [-0.3, -0.25) is 4.79 Å². The molecule has 2 heterocycles. The number of aryl methyl sites for hydroxylation is 2. The minimum absolute atomic E-state index is 0.195. The molecule has 0 aliphatic rings. The fourth-order valence-electron chi connectivity index (χ4n) is 2.26. The molecule has 5 heteroatoms. The number of hydrogen-bond acceptors (Lipinski definition) is 3. The van der Waals surface area contributed by atoms with E-state index in [-0.39, 0.29) is 5.56 Å². The molecule has 0 fully saturated rings. The van der Waals surface area contributed by atoms with Gasteiger partial charge in [0.1, 0.15) is 11.6 Å². The first kappa shape index (κ1) is 12.8. The maximum absolute atomic E-state index is 12.7. The number of aromatic nitrogens is 3. The Morgan fingerprint density at radius 3 is 2.70 bits per heavy atom. The highest BCUT2D eigenvalue weighted by Crippen LogP contribution is 2.20. The van der Waals surface area contributed by atoms with Gasteiger partial charge in [0.05, 0.1) is 15.9 Å². The Balaban J connectivity index is 2.47. The quantitative estimate of drug-likeness (QED) is 0.690. The van der Waals surface area contributed by atoms with Crippen LogP contribution in [0.5, 0.6) is 0 Å². The molecule has 0 saturated heterocycles. The highest BCUT2D eigenvalue weighted by atomic mass is 35.5. The summed E-state index contributed by atoms with van der Waals surface area (Å²) in [6, 6.07) is 9.00. The number of hydrogen-bond donors (Lipinski definition) is 0. The molecule has 0 N–H and O–H groups in total. The van der Waals surface area contributed by atoms with E-state index in [9.17, 15) is 4.79 Å². The van der Waals surface area contributed by atoms with Crippen LogP contribution in [0.2, 0.25) is 5.02 Å². The Hall–Kier alpha value is -2.20. The average Bonchev–Trinajstić information content (AvgIpc) is 2.40. The summed E-state index contributed by atoms with van der Waals surface area (Å²) in [4.78, 5) is 21.5. The van der Waals surface area contributed by atoms with E-state index in [0.717, 1.165) is 5.56 Å². The molecule has 1 aromatic carbocycles. The van der Waals surface area contributed by atoms with Crippen LogP contribution in [-0.4, -0.2) is 14.5 Å². The Labute approximate surface area is 120 Å². The fraction of sp³-hybridized carbons (Fsp3) is 0.133. The second kappa shape index (κ2) is 4.72. The third kappa shape index (κ3) is 1.89. The Kier molecular flexibility index (Phi) is 3.03. The summed E-state index contributed by atoms with van der Waals surface area (Å²) in [5.74, 6) is 1.18. The summed E-state index contributed by atoms with van der Waals surface area (Å²) in [6.45, 7) is 3.70. The van der Waals surface area contributed by atoms with Gasteiger partial charge in [-0.05, 0) is 37.6 Å². The molecule has 0 aliphatic heterocycles. The van der Waals surface area contributed by atoms with Crippen LogP contribution in [0, 0.1) is 13.8 Å². The van der Waals surface area contributed by atoms with Crippen molar-refractivity contribution in [1.82, 2.24) is 14.5 Å². The summed E-state index contributed by atoms with van der Waals surface area (Å²) in [5.41, 5.74) is 1.32. The maximum atomic E-state index is 12.7. The molecule has 3 aromatic rings. The van der Waals surface area contributed by atoms with Crippen molar-refractivity contribution in [3.05, 3.63) is 63.3 Å². The summed E-state index contributed by atoms with van der Waals surface area (Å²) in [5, 5.41) is 0.826. The van der Waals surface area contributed by atoms with E-state index in [2.05, 4.69) is 9.97 Å². The van der Waals surface area contributed by atoms with Crippen molar-refractivity contribution >= 4 is 22.5 Å². The molecule has 0 unspecified atom stereocenters. The van der Waals surface area contributed by atoms with Crippen molar-refractivity contribution in [2.75, 3.05) is 0 Å². The van der Waals surface area contributed by atoms with E-state index in [1.165, 1.54) is 4.57 Å². The topological polar surface area (TPSA) is 47.8 Å². The van der Waals surface area contributed by atoms with Crippen LogP contribution >= 0.6 is 11.6 Å². The summed E-state index contributed by atoms with van der Waals surface area (Å²) in [6.07, 6.45) is 1.66. The molecular formula is C15H12ClN3O. The first-order valence-corrected chi connectivity index (χ1v) is 6.57. The van der Waals surface area contributed by atoms with Gasteiger partial charge in [0.15, 0.2) is 0 Å². The second-order valence-electron chi connectivity index (χ2n) is 4.58. The average molecular weight is 286 g/mol. The van der Waals surface area contributed by atoms with Crippen molar-refractivity contribution in [2.45, 2.75) is 13.8 Å². The van der Waals surface area contributed by atoms with Crippen LogP contribution < -0.4 is 5.56 Å². The van der Waals surface area contributed by atoms with Crippen molar-refractivity contribution in [3.63, 3.8) is 0 Å². The number of nitrogens with zero attached hydrogens (tertiary/aromatic N) is 3. The minimum Gasteiger partial charge on any atom is -0.268 e. The molecule has 2 aromatic heterocycles. The first-order valence-electron chi connectivity index (χ1n) is 6.19. The standard InChI is InChI=1S/C15H12ClN3O/c1-9-5-4-8-17-14(9)19-10(2)18-12-7-3-6-11(16)13(12)15(19)20/h3-8H,1-2H3.